The molecule has 1 aliphatic rings. The van der Waals surface area contributed by atoms with Gasteiger partial charge in [0.2, 0.25) is 0 Å². The van der Waals surface area contributed by atoms with E-state index in [1.165, 1.54) is 0 Å². The molecule has 1 heterocycles. The van der Waals surface area contributed by atoms with E-state index in [4.69, 9.17) is 14.2 Å². The van der Waals surface area contributed by atoms with Gasteiger partial charge in [0.1, 0.15) is 12.4 Å². The summed E-state index contributed by atoms with van der Waals surface area (Å²) >= 11 is 0. The molecular weight excluding hydrogens is 364 g/mol. The molecule has 8 nitrogen and oxygen atoms in total. The van der Waals surface area contributed by atoms with E-state index in [9.17, 15) is 14.4 Å². The topological polar surface area (TPSA) is 103 Å². The molecule has 0 spiro atoms. The Morgan fingerprint density at radius 1 is 1.07 bits per heavy atom. The molecule has 0 saturated carbocycles. The molecule has 0 aliphatic carbocycles. The molecule has 8 heteroatoms. The number of rotatable bonds is 8. The molecule has 0 radical (unpaired) electrons. The molecule has 1 atom stereocenters. The Labute approximate surface area is 164 Å². The molecule has 28 heavy (non-hydrogen) atoms. The second-order valence-corrected chi connectivity index (χ2v) is 6.44. The minimum atomic E-state index is -0.615. The normalized spacial score (nSPS) is 16.1. The van der Waals surface area contributed by atoms with E-state index in [2.05, 4.69) is 10.6 Å². The standard InChI is InChI=1S/C20H26N2O6/c1-5-15-18(19(24)26-6-2)16(22-20(25)21-15)10-28-17(23)11-27-14-8-12(3)7-13(4)9-14/h7-9,15H,5-6,10-11H2,1-4H3,(H2,21,22,25)/t15-/m1/s1. The summed E-state index contributed by atoms with van der Waals surface area (Å²) in [5.41, 5.74) is 2.52. The number of esters is 2. The van der Waals surface area contributed by atoms with Gasteiger partial charge in [-0.25, -0.2) is 14.4 Å². The third-order valence-corrected chi connectivity index (χ3v) is 4.08. The van der Waals surface area contributed by atoms with Crippen LogP contribution in [0.4, 0.5) is 4.79 Å². The van der Waals surface area contributed by atoms with Gasteiger partial charge >= 0.3 is 18.0 Å². The molecule has 0 unspecified atom stereocenters. The van der Waals surface area contributed by atoms with Crippen LogP contribution in [0, 0.1) is 13.8 Å². The van der Waals surface area contributed by atoms with Crippen molar-refractivity contribution < 1.29 is 28.6 Å². The van der Waals surface area contributed by atoms with Crippen LogP contribution in [0.5, 0.6) is 5.75 Å². The van der Waals surface area contributed by atoms with E-state index in [1.54, 1.807) is 6.92 Å². The van der Waals surface area contributed by atoms with Gasteiger partial charge in [-0.15, -0.1) is 0 Å². The largest absolute Gasteiger partial charge is 0.482 e. The number of carbonyl (C=O) groups excluding carboxylic acids is 3. The fourth-order valence-corrected chi connectivity index (χ4v) is 2.93. The molecule has 2 amide bonds. The number of hydrogen-bond donors (Lipinski definition) is 2. The van der Waals surface area contributed by atoms with E-state index < -0.39 is 24.0 Å². The molecular formula is C20H26N2O6. The summed E-state index contributed by atoms with van der Waals surface area (Å²) in [7, 11) is 0. The van der Waals surface area contributed by atoms with Gasteiger partial charge in [0, 0.05) is 0 Å². The van der Waals surface area contributed by atoms with Crippen LogP contribution in [0.1, 0.15) is 31.4 Å². The Morgan fingerprint density at radius 2 is 1.75 bits per heavy atom. The zero-order chi connectivity index (χ0) is 20.7. The summed E-state index contributed by atoms with van der Waals surface area (Å²) in [6.45, 7) is 7.05. The van der Waals surface area contributed by atoms with Crippen molar-refractivity contribution in [3.63, 3.8) is 0 Å². The van der Waals surface area contributed by atoms with Crippen molar-refractivity contribution in [3.05, 3.63) is 40.6 Å². The van der Waals surface area contributed by atoms with Crippen LogP contribution in [0.25, 0.3) is 0 Å². The van der Waals surface area contributed by atoms with E-state index in [0.29, 0.717) is 12.2 Å². The van der Waals surface area contributed by atoms with Crippen molar-refractivity contribution in [1.29, 1.82) is 0 Å². The first kappa shape index (κ1) is 21.3. The van der Waals surface area contributed by atoms with E-state index in [-0.39, 0.29) is 31.1 Å². The average molecular weight is 390 g/mol. The minimum absolute atomic E-state index is 0.198. The van der Waals surface area contributed by atoms with Crippen molar-refractivity contribution in [2.75, 3.05) is 19.8 Å². The predicted octanol–water partition coefficient (Wildman–Crippen LogP) is 2.13. The highest BCUT2D eigenvalue weighted by atomic mass is 16.6. The molecule has 0 aromatic heterocycles. The number of amides is 2. The summed E-state index contributed by atoms with van der Waals surface area (Å²) in [4.78, 5) is 36.1. The van der Waals surface area contributed by atoms with E-state index in [0.717, 1.165) is 11.1 Å². The van der Waals surface area contributed by atoms with Gasteiger partial charge in [-0.2, -0.15) is 0 Å². The summed E-state index contributed by atoms with van der Waals surface area (Å²) in [5, 5.41) is 5.18. The highest BCUT2D eigenvalue weighted by Gasteiger charge is 2.32. The number of hydrogen-bond acceptors (Lipinski definition) is 6. The first-order valence-corrected chi connectivity index (χ1v) is 9.18. The summed E-state index contributed by atoms with van der Waals surface area (Å²) < 4.78 is 15.7. The van der Waals surface area contributed by atoms with Crippen molar-refractivity contribution in [2.45, 2.75) is 40.2 Å². The Bertz CT molecular complexity index is 767. The van der Waals surface area contributed by atoms with Crippen LogP contribution in [0.15, 0.2) is 29.5 Å². The molecule has 1 aromatic carbocycles. The Morgan fingerprint density at radius 3 is 2.36 bits per heavy atom. The lowest BCUT2D eigenvalue weighted by atomic mass is 10.0. The number of nitrogens with one attached hydrogen (secondary N) is 2. The Hall–Kier alpha value is -3.03. The van der Waals surface area contributed by atoms with Crippen LogP contribution < -0.4 is 15.4 Å². The van der Waals surface area contributed by atoms with Crippen molar-refractivity contribution in [1.82, 2.24) is 10.6 Å². The minimum Gasteiger partial charge on any atom is -0.482 e. The monoisotopic (exact) mass is 390 g/mol. The first-order valence-electron chi connectivity index (χ1n) is 9.18. The lowest BCUT2D eigenvalue weighted by Gasteiger charge is -2.28. The molecule has 152 valence electrons. The number of carbonyl (C=O) groups is 3. The zero-order valence-electron chi connectivity index (χ0n) is 16.6. The predicted molar refractivity (Wildman–Crippen MR) is 102 cm³/mol. The molecule has 2 N–H and O–H groups in total. The second-order valence-electron chi connectivity index (χ2n) is 6.44. The lowest BCUT2D eigenvalue weighted by molar-refractivity contribution is -0.145. The lowest BCUT2D eigenvalue weighted by Crippen LogP contribution is -2.51. The van der Waals surface area contributed by atoms with Crippen LogP contribution in [0.3, 0.4) is 0 Å². The number of urea groups is 1. The maximum absolute atomic E-state index is 12.3. The quantitative estimate of drug-likeness (QED) is 0.659. The maximum atomic E-state index is 12.3. The van der Waals surface area contributed by atoms with Gasteiger partial charge in [0.25, 0.3) is 0 Å². The number of ether oxygens (including phenoxy) is 3. The van der Waals surface area contributed by atoms with Crippen molar-refractivity contribution >= 4 is 18.0 Å². The fourth-order valence-electron chi connectivity index (χ4n) is 2.93. The molecule has 2 rings (SSSR count). The van der Waals surface area contributed by atoms with Crippen molar-refractivity contribution in [3.8, 4) is 5.75 Å². The highest BCUT2D eigenvalue weighted by Crippen LogP contribution is 2.18. The van der Waals surface area contributed by atoms with Gasteiger partial charge in [0.05, 0.1) is 23.9 Å². The van der Waals surface area contributed by atoms with Crippen LogP contribution in [-0.4, -0.2) is 43.8 Å². The summed E-state index contributed by atoms with van der Waals surface area (Å²) in [5.74, 6) is -0.600. The van der Waals surface area contributed by atoms with E-state index in [1.807, 2.05) is 39.0 Å². The molecule has 1 aromatic rings. The van der Waals surface area contributed by atoms with Gasteiger partial charge in [0.15, 0.2) is 6.61 Å². The first-order chi connectivity index (χ1) is 13.3. The average Bonchev–Trinajstić information content (AvgIpc) is 2.63. The van der Waals surface area contributed by atoms with Gasteiger partial charge in [-0.05, 0) is 50.5 Å². The van der Waals surface area contributed by atoms with Gasteiger partial charge < -0.3 is 24.8 Å². The van der Waals surface area contributed by atoms with Crippen molar-refractivity contribution in [2.24, 2.45) is 0 Å². The Kier molecular flexibility index (Phi) is 7.43. The van der Waals surface area contributed by atoms with Gasteiger partial charge in [-0.3, -0.25) is 0 Å². The third-order valence-electron chi connectivity index (χ3n) is 4.08. The van der Waals surface area contributed by atoms with Crippen LogP contribution in [-0.2, 0) is 19.1 Å². The SMILES string of the molecule is CCOC(=O)C1=C(COC(=O)COc2cc(C)cc(C)c2)NC(=O)N[C@@H]1CC. The van der Waals surface area contributed by atoms with Gasteiger partial charge in [-0.1, -0.05) is 13.0 Å². The molecule has 0 saturated heterocycles. The second kappa shape index (κ2) is 9.77. The molecule has 1 aliphatic heterocycles. The summed E-state index contributed by atoms with van der Waals surface area (Å²) in [6, 6.07) is 4.67. The third kappa shape index (κ3) is 5.73. The van der Waals surface area contributed by atoms with Crippen LogP contribution in [0.2, 0.25) is 0 Å². The number of aryl methyl sites for hydroxylation is 2. The summed E-state index contributed by atoms with van der Waals surface area (Å²) in [6.07, 6.45) is 0.495. The fraction of sp³-hybridized carbons (Fsp3) is 0.450. The van der Waals surface area contributed by atoms with Crippen LogP contribution >= 0.6 is 0 Å². The maximum Gasteiger partial charge on any atom is 0.344 e. The smallest absolute Gasteiger partial charge is 0.344 e. The Balaban J connectivity index is 2.03. The molecule has 0 fully saturated rings. The zero-order valence-corrected chi connectivity index (χ0v) is 16.6. The highest BCUT2D eigenvalue weighted by molar-refractivity contribution is 5.94. The number of benzene rings is 1. The molecule has 0 bridgehead atoms. The van der Waals surface area contributed by atoms with E-state index >= 15 is 0 Å².